The number of nitrogens with zero attached hydrogens (tertiary/aromatic N) is 4. The summed E-state index contributed by atoms with van der Waals surface area (Å²) < 4.78 is 7.65. The lowest BCUT2D eigenvalue weighted by atomic mass is 9.98. The summed E-state index contributed by atoms with van der Waals surface area (Å²) in [4.78, 5) is 4.83. The normalized spacial score (nSPS) is 13.5. The van der Waals surface area contributed by atoms with Gasteiger partial charge in [-0.2, -0.15) is 0 Å². The zero-order valence-corrected chi connectivity index (χ0v) is 46.0. The van der Waals surface area contributed by atoms with Crippen molar-refractivity contribution in [2.45, 2.75) is 13.3 Å². The molecular formula is C77H54N4S. The Morgan fingerprint density at radius 1 is 0.366 bits per heavy atom. The van der Waals surface area contributed by atoms with E-state index in [-0.39, 0.29) is 0 Å². The molecule has 1 unspecified atom stereocenters. The highest BCUT2D eigenvalue weighted by Crippen LogP contribution is 2.48. The van der Waals surface area contributed by atoms with Crippen molar-refractivity contribution in [3.05, 3.63) is 291 Å². The molecule has 0 fully saturated rings. The second-order valence-electron chi connectivity index (χ2n) is 21.7. The summed E-state index contributed by atoms with van der Waals surface area (Å²) in [6, 6.07) is 100. The molecule has 0 bridgehead atoms. The Balaban J connectivity index is 0.818. The monoisotopic (exact) mass is 1070 g/mol. The molecule has 1 aliphatic carbocycles. The minimum Gasteiger partial charge on any atom is -0.313 e. The van der Waals surface area contributed by atoms with Crippen LogP contribution >= 0.6 is 11.3 Å². The summed E-state index contributed by atoms with van der Waals surface area (Å²) in [7, 11) is 0. The second-order valence-corrected chi connectivity index (χ2v) is 22.8. The molecule has 0 saturated heterocycles. The molecule has 0 amide bonds. The van der Waals surface area contributed by atoms with E-state index in [1.807, 2.05) is 11.3 Å². The van der Waals surface area contributed by atoms with Gasteiger partial charge in [0.15, 0.2) is 0 Å². The summed E-state index contributed by atoms with van der Waals surface area (Å²) in [6.07, 6.45) is 7.87. The van der Waals surface area contributed by atoms with Crippen molar-refractivity contribution in [2.24, 2.45) is 5.92 Å². The average Bonchev–Trinajstić information content (AvgIpc) is 4.40. The van der Waals surface area contributed by atoms with Crippen LogP contribution in [0.4, 0.5) is 34.1 Å². The van der Waals surface area contributed by atoms with Gasteiger partial charge in [0.2, 0.25) is 0 Å². The van der Waals surface area contributed by atoms with Crippen molar-refractivity contribution in [2.75, 3.05) is 9.80 Å². The number of rotatable bonds is 10. The second kappa shape index (κ2) is 19.6. The van der Waals surface area contributed by atoms with Crippen LogP contribution in [0.2, 0.25) is 0 Å². The molecule has 15 aromatic rings. The SMILES string of the molecule is CC1CC=CC=C1n1c2cc(N(c3ccc(-c4cccc(N(c5ccccc5)c5ccc6c7ccccc7n(-c7cccc(-c8ccccc8)c7)c6c5)c4)cc3)c3ccc4ccccc4c3)ccc2c2c3sc4ccccc4c3ccc21. The standard InChI is InChI=1S/C77H54N4S/c1-51-18-8-13-31-70(51)81-72-45-44-68-67-30-12-15-33-75(67)82-77(68)76(72)69-43-41-64(50-74(69)81)79(62-39-36-53-21-9-10-22-55(53)48-62)59-37-34-54(35-38-59)57-24-16-27-60(46-57)78(58-25-6-3-7-26-58)63-40-42-66-65-29-11-14-32-71(65)80(73(66)49-63)61-28-17-23-56(47-61)52-19-4-2-5-20-52/h2-17,19-51H,18H2,1H3. The van der Waals surface area contributed by atoms with Gasteiger partial charge in [-0.15, -0.1) is 11.3 Å². The van der Waals surface area contributed by atoms with Gasteiger partial charge in [-0.05, 0) is 149 Å². The molecule has 1 atom stereocenters. The van der Waals surface area contributed by atoms with E-state index < -0.39 is 0 Å². The topological polar surface area (TPSA) is 16.3 Å². The van der Waals surface area contributed by atoms with E-state index in [0.717, 1.165) is 62.9 Å². The van der Waals surface area contributed by atoms with Crippen LogP contribution < -0.4 is 9.80 Å². The number of benzene rings is 12. The minimum absolute atomic E-state index is 0.360. The fourth-order valence-corrected chi connectivity index (χ4v) is 14.2. The van der Waals surface area contributed by atoms with Crippen molar-refractivity contribution in [3.8, 4) is 27.9 Å². The third-order valence-electron chi connectivity index (χ3n) is 16.9. The number of thiophene rings is 1. The fraction of sp³-hybridized carbons (Fsp3) is 0.0390. The molecule has 82 heavy (non-hydrogen) atoms. The molecule has 12 aromatic carbocycles. The highest BCUT2D eigenvalue weighted by molar-refractivity contribution is 7.26. The molecule has 5 heteroatoms. The number of hydrogen-bond donors (Lipinski definition) is 0. The summed E-state index contributed by atoms with van der Waals surface area (Å²) in [5.41, 5.74) is 18.4. The number of para-hydroxylation sites is 2. The first-order valence-corrected chi connectivity index (χ1v) is 29.2. The third-order valence-corrected chi connectivity index (χ3v) is 18.1. The fourth-order valence-electron chi connectivity index (χ4n) is 13.0. The van der Waals surface area contributed by atoms with E-state index in [2.05, 4.69) is 317 Å². The minimum atomic E-state index is 0.360. The quantitative estimate of drug-likeness (QED) is 0.136. The van der Waals surface area contributed by atoms with Crippen molar-refractivity contribution >= 4 is 126 Å². The maximum absolute atomic E-state index is 2.56. The predicted octanol–water partition coefficient (Wildman–Crippen LogP) is 22.1. The maximum Gasteiger partial charge on any atom is 0.0561 e. The number of allylic oxidation sites excluding steroid dienone is 4. The lowest BCUT2D eigenvalue weighted by molar-refractivity contribution is 0.725. The Kier molecular flexibility index (Phi) is 11.4. The Bertz CT molecular complexity index is 5040. The average molecular weight is 1070 g/mol. The first kappa shape index (κ1) is 47.8. The molecule has 1 aliphatic rings. The molecule has 0 aliphatic heterocycles. The van der Waals surface area contributed by atoms with Crippen LogP contribution in [0, 0.1) is 5.92 Å². The van der Waals surface area contributed by atoms with E-state index >= 15 is 0 Å². The van der Waals surface area contributed by atoms with Gasteiger partial charge < -0.3 is 18.9 Å². The van der Waals surface area contributed by atoms with Crippen molar-refractivity contribution in [1.82, 2.24) is 9.13 Å². The summed E-state index contributed by atoms with van der Waals surface area (Å²) >= 11 is 1.91. The molecule has 0 saturated carbocycles. The molecule has 3 heterocycles. The zero-order chi connectivity index (χ0) is 54.3. The molecule has 388 valence electrons. The van der Waals surface area contributed by atoms with Gasteiger partial charge in [0.05, 0.1) is 22.1 Å². The van der Waals surface area contributed by atoms with Gasteiger partial charge >= 0.3 is 0 Å². The molecule has 4 nitrogen and oxygen atoms in total. The highest BCUT2D eigenvalue weighted by Gasteiger charge is 2.25. The van der Waals surface area contributed by atoms with Crippen LogP contribution in [0.1, 0.15) is 13.3 Å². The molecule has 3 aromatic heterocycles. The van der Waals surface area contributed by atoms with Gasteiger partial charge in [0.1, 0.15) is 0 Å². The summed E-state index contributed by atoms with van der Waals surface area (Å²) in [5, 5.41) is 10.1. The summed E-state index contributed by atoms with van der Waals surface area (Å²) in [5.74, 6) is 0.360. The first-order chi connectivity index (χ1) is 40.6. The van der Waals surface area contributed by atoms with Crippen molar-refractivity contribution < 1.29 is 0 Å². The number of aromatic nitrogens is 2. The third kappa shape index (κ3) is 7.95. The van der Waals surface area contributed by atoms with Crippen LogP contribution in [0.3, 0.4) is 0 Å². The van der Waals surface area contributed by atoms with Crippen LogP contribution in [-0.4, -0.2) is 9.13 Å². The van der Waals surface area contributed by atoms with E-state index in [9.17, 15) is 0 Å². The lowest BCUT2D eigenvalue weighted by Gasteiger charge is -2.27. The van der Waals surface area contributed by atoms with Gasteiger partial charge in [-0.25, -0.2) is 0 Å². The Hall–Kier alpha value is -10.2. The first-order valence-electron chi connectivity index (χ1n) is 28.4. The van der Waals surface area contributed by atoms with Crippen LogP contribution in [-0.2, 0) is 0 Å². The molecule has 16 rings (SSSR count). The smallest absolute Gasteiger partial charge is 0.0561 e. The van der Waals surface area contributed by atoms with E-state index in [1.54, 1.807) is 0 Å². The van der Waals surface area contributed by atoms with Crippen LogP contribution in [0.5, 0.6) is 0 Å². The van der Waals surface area contributed by atoms with Gasteiger partial charge in [0, 0.05) is 93.1 Å². The highest BCUT2D eigenvalue weighted by atomic mass is 32.1. The van der Waals surface area contributed by atoms with E-state index in [1.165, 1.54) is 85.9 Å². The largest absolute Gasteiger partial charge is 0.313 e. The number of fused-ring (bicyclic) bond motifs is 11. The molecule has 0 radical (unpaired) electrons. The molecule has 0 N–H and O–H groups in total. The van der Waals surface area contributed by atoms with Crippen LogP contribution in [0.25, 0.3) is 108 Å². The van der Waals surface area contributed by atoms with Gasteiger partial charge in [-0.1, -0.05) is 189 Å². The van der Waals surface area contributed by atoms with Gasteiger partial charge in [0.25, 0.3) is 0 Å². The number of hydrogen-bond acceptors (Lipinski definition) is 3. The molecule has 0 spiro atoms. The number of anilines is 6. The van der Waals surface area contributed by atoms with Crippen LogP contribution in [0.15, 0.2) is 291 Å². The van der Waals surface area contributed by atoms with Gasteiger partial charge in [-0.3, -0.25) is 0 Å². The lowest BCUT2D eigenvalue weighted by Crippen LogP contribution is -2.11. The maximum atomic E-state index is 2.56. The Morgan fingerprint density at radius 2 is 0.927 bits per heavy atom. The van der Waals surface area contributed by atoms with Crippen molar-refractivity contribution in [3.63, 3.8) is 0 Å². The van der Waals surface area contributed by atoms with E-state index in [4.69, 9.17) is 0 Å². The zero-order valence-electron chi connectivity index (χ0n) is 45.2. The van der Waals surface area contributed by atoms with Crippen molar-refractivity contribution in [1.29, 1.82) is 0 Å². The summed E-state index contributed by atoms with van der Waals surface area (Å²) in [6.45, 7) is 2.36. The Morgan fingerprint density at radius 3 is 1.73 bits per heavy atom. The Labute approximate surface area is 480 Å². The molecular weight excluding hydrogens is 1010 g/mol. The van der Waals surface area contributed by atoms with E-state index in [0.29, 0.717) is 5.92 Å². The predicted molar refractivity (Wildman–Crippen MR) is 352 cm³/mol.